The molecule has 0 rings (SSSR count). The zero-order chi connectivity index (χ0) is 7.33. The molecular weight excluding hydrogens is 155 g/mol. The highest BCUT2D eigenvalue weighted by Gasteiger charge is 2.13. The summed E-state index contributed by atoms with van der Waals surface area (Å²) in [6.07, 6.45) is 5.84. The van der Waals surface area contributed by atoms with E-state index in [1.165, 1.54) is 0 Å². The van der Waals surface area contributed by atoms with Crippen LogP contribution in [0.3, 0.4) is 0 Å². The molecule has 0 unspecified atom stereocenters. The Balaban J connectivity index is 3.28. The van der Waals surface area contributed by atoms with Gasteiger partial charge in [-0.15, -0.1) is 23.2 Å². The molecule has 0 atom stereocenters. The highest BCUT2D eigenvalue weighted by atomic mass is 35.5. The second-order valence-electron chi connectivity index (χ2n) is 2.18. The van der Waals surface area contributed by atoms with Crippen molar-refractivity contribution in [3.05, 3.63) is 12.2 Å². The quantitative estimate of drug-likeness (QED) is 0.445. The van der Waals surface area contributed by atoms with E-state index in [1.54, 1.807) is 6.92 Å². The lowest BCUT2D eigenvalue weighted by Crippen LogP contribution is -2.03. The second kappa shape index (κ2) is 4.19. The summed E-state index contributed by atoms with van der Waals surface area (Å²) in [4.78, 5) is 0. The van der Waals surface area contributed by atoms with Crippen molar-refractivity contribution in [3.63, 3.8) is 0 Å². The molecule has 0 radical (unpaired) electrons. The summed E-state index contributed by atoms with van der Waals surface area (Å²) in [5.74, 6) is 0. The fourth-order valence-corrected chi connectivity index (χ4v) is 0.722. The van der Waals surface area contributed by atoms with Gasteiger partial charge in [0.2, 0.25) is 0 Å². The average Bonchev–Trinajstić information content (AvgIpc) is 1.63. The van der Waals surface area contributed by atoms with E-state index in [0.29, 0.717) is 0 Å². The van der Waals surface area contributed by atoms with E-state index >= 15 is 0 Å². The number of rotatable bonds is 3. The summed E-state index contributed by atoms with van der Waals surface area (Å²) in [5, 5.41) is 0. The largest absolute Gasteiger partial charge is 0.115 e. The van der Waals surface area contributed by atoms with Crippen molar-refractivity contribution in [1.29, 1.82) is 0 Å². The molecule has 0 spiro atoms. The summed E-state index contributed by atoms with van der Waals surface area (Å²) >= 11 is 11.4. The maximum Gasteiger partial charge on any atom is 0.115 e. The molecule has 2 heteroatoms. The molecule has 0 bridgehead atoms. The van der Waals surface area contributed by atoms with Crippen LogP contribution < -0.4 is 0 Å². The molecule has 0 aliphatic heterocycles. The van der Waals surface area contributed by atoms with Crippen LogP contribution in [0, 0.1) is 0 Å². The lowest BCUT2D eigenvalue weighted by Gasteiger charge is -2.09. The number of hydrogen-bond donors (Lipinski definition) is 0. The Morgan fingerprint density at radius 2 is 2.00 bits per heavy atom. The van der Waals surface area contributed by atoms with Crippen LogP contribution in [0.25, 0.3) is 0 Å². The standard InChI is InChI=1S/C7H12Cl2/c1-3-4-5-6-7(2,8)9/h3-4H,5-6H2,1-2H3/b4-3+. The number of hydrogen-bond acceptors (Lipinski definition) is 0. The zero-order valence-electron chi connectivity index (χ0n) is 5.82. The molecule has 0 aromatic carbocycles. The van der Waals surface area contributed by atoms with Crippen molar-refractivity contribution < 1.29 is 0 Å². The highest BCUT2D eigenvalue weighted by molar-refractivity contribution is 6.48. The maximum absolute atomic E-state index is 5.70. The van der Waals surface area contributed by atoms with Gasteiger partial charge in [0, 0.05) is 0 Å². The summed E-state index contributed by atoms with van der Waals surface area (Å²) in [6.45, 7) is 3.79. The summed E-state index contributed by atoms with van der Waals surface area (Å²) in [5.41, 5.74) is 0. The molecule has 0 saturated carbocycles. The summed E-state index contributed by atoms with van der Waals surface area (Å²) < 4.78 is -0.556. The molecule has 0 aromatic heterocycles. The van der Waals surface area contributed by atoms with Gasteiger partial charge >= 0.3 is 0 Å². The Labute approximate surface area is 66.8 Å². The number of allylic oxidation sites excluding steroid dienone is 2. The smallest absolute Gasteiger partial charge is 0.102 e. The molecule has 0 heterocycles. The zero-order valence-corrected chi connectivity index (χ0v) is 7.34. The molecule has 0 nitrogen and oxygen atoms in total. The first-order chi connectivity index (χ1) is 4.06. The van der Waals surface area contributed by atoms with Crippen LogP contribution in [-0.4, -0.2) is 4.33 Å². The number of halogens is 2. The molecule has 0 aliphatic rings. The van der Waals surface area contributed by atoms with E-state index in [9.17, 15) is 0 Å². The fraction of sp³-hybridized carbons (Fsp3) is 0.714. The predicted molar refractivity (Wildman–Crippen MR) is 44.2 cm³/mol. The van der Waals surface area contributed by atoms with Crippen LogP contribution >= 0.6 is 23.2 Å². The van der Waals surface area contributed by atoms with Crippen molar-refractivity contribution in [2.45, 2.75) is 31.0 Å². The van der Waals surface area contributed by atoms with Crippen molar-refractivity contribution in [1.82, 2.24) is 0 Å². The van der Waals surface area contributed by atoms with Gasteiger partial charge in [-0.2, -0.15) is 0 Å². The molecule has 0 fully saturated rings. The van der Waals surface area contributed by atoms with Gasteiger partial charge in [-0.25, -0.2) is 0 Å². The van der Waals surface area contributed by atoms with Gasteiger partial charge in [-0.05, 0) is 26.7 Å². The van der Waals surface area contributed by atoms with Crippen LogP contribution in [-0.2, 0) is 0 Å². The topological polar surface area (TPSA) is 0 Å². The maximum atomic E-state index is 5.70. The van der Waals surface area contributed by atoms with Crippen LogP contribution in [0.1, 0.15) is 26.7 Å². The van der Waals surface area contributed by atoms with Crippen molar-refractivity contribution in [2.75, 3.05) is 0 Å². The second-order valence-corrected chi connectivity index (χ2v) is 4.04. The first-order valence-corrected chi connectivity index (χ1v) is 3.81. The molecule has 9 heavy (non-hydrogen) atoms. The van der Waals surface area contributed by atoms with E-state index in [1.807, 2.05) is 13.0 Å². The molecule has 0 amide bonds. The average molecular weight is 167 g/mol. The molecule has 0 N–H and O–H groups in total. The van der Waals surface area contributed by atoms with Crippen LogP contribution in [0.5, 0.6) is 0 Å². The minimum atomic E-state index is -0.556. The molecule has 0 saturated heterocycles. The third-order valence-corrected chi connectivity index (χ3v) is 1.36. The summed E-state index contributed by atoms with van der Waals surface area (Å²) in [6, 6.07) is 0. The fourth-order valence-electron chi connectivity index (χ4n) is 0.503. The van der Waals surface area contributed by atoms with Gasteiger partial charge in [0.25, 0.3) is 0 Å². The van der Waals surface area contributed by atoms with Gasteiger partial charge in [0.15, 0.2) is 0 Å². The minimum Gasteiger partial charge on any atom is -0.102 e. The van der Waals surface area contributed by atoms with Crippen molar-refractivity contribution in [3.8, 4) is 0 Å². The monoisotopic (exact) mass is 166 g/mol. The van der Waals surface area contributed by atoms with E-state index in [2.05, 4.69) is 6.08 Å². The first-order valence-electron chi connectivity index (χ1n) is 3.05. The minimum absolute atomic E-state index is 0.556. The van der Waals surface area contributed by atoms with Gasteiger partial charge in [-0.1, -0.05) is 12.2 Å². The lowest BCUT2D eigenvalue weighted by molar-refractivity contribution is 0.763. The third kappa shape index (κ3) is 8.32. The predicted octanol–water partition coefficient (Wildman–Crippen LogP) is 3.54. The first kappa shape index (κ1) is 9.32. The molecular formula is C7H12Cl2. The van der Waals surface area contributed by atoms with Gasteiger partial charge in [0.1, 0.15) is 4.33 Å². The van der Waals surface area contributed by atoms with E-state index < -0.39 is 4.33 Å². The van der Waals surface area contributed by atoms with Gasteiger partial charge < -0.3 is 0 Å². The third-order valence-electron chi connectivity index (χ3n) is 0.986. The van der Waals surface area contributed by atoms with Gasteiger partial charge in [0.05, 0.1) is 0 Å². The van der Waals surface area contributed by atoms with Crippen LogP contribution in [0.15, 0.2) is 12.2 Å². The van der Waals surface area contributed by atoms with E-state index in [0.717, 1.165) is 12.8 Å². The number of alkyl halides is 2. The summed E-state index contributed by atoms with van der Waals surface area (Å²) in [7, 11) is 0. The molecule has 0 aliphatic carbocycles. The van der Waals surface area contributed by atoms with Gasteiger partial charge in [-0.3, -0.25) is 0 Å². The highest BCUT2D eigenvalue weighted by Crippen LogP contribution is 2.25. The SMILES string of the molecule is C/C=C/CCC(C)(Cl)Cl. The van der Waals surface area contributed by atoms with E-state index in [4.69, 9.17) is 23.2 Å². The molecule has 54 valence electrons. The Morgan fingerprint density at radius 3 is 2.33 bits per heavy atom. The molecule has 0 aromatic rings. The Kier molecular flexibility index (Phi) is 4.33. The Morgan fingerprint density at radius 1 is 1.44 bits per heavy atom. The Hall–Kier alpha value is 0.320. The van der Waals surface area contributed by atoms with Crippen LogP contribution in [0.4, 0.5) is 0 Å². The van der Waals surface area contributed by atoms with Crippen LogP contribution in [0.2, 0.25) is 0 Å². The van der Waals surface area contributed by atoms with E-state index in [-0.39, 0.29) is 0 Å². The normalized spacial score (nSPS) is 12.9. The van der Waals surface area contributed by atoms with Crippen molar-refractivity contribution in [2.24, 2.45) is 0 Å². The lowest BCUT2D eigenvalue weighted by atomic mass is 10.2. The van der Waals surface area contributed by atoms with Crippen molar-refractivity contribution >= 4 is 23.2 Å². The Bertz CT molecular complexity index is 89.6.